The highest BCUT2D eigenvalue weighted by Gasteiger charge is 2.35. The average molecular weight is 477 g/mol. The van der Waals surface area contributed by atoms with E-state index in [4.69, 9.17) is 4.74 Å². The van der Waals surface area contributed by atoms with Crippen molar-refractivity contribution in [2.75, 3.05) is 11.9 Å². The zero-order chi connectivity index (χ0) is 25.3. The van der Waals surface area contributed by atoms with Gasteiger partial charge in [0.05, 0.1) is 6.20 Å². The first-order valence-electron chi connectivity index (χ1n) is 11.3. The van der Waals surface area contributed by atoms with Crippen LogP contribution in [-0.4, -0.2) is 45.5 Å². The van der Waals surface area contributed by atoms with E-state index in [0.717, 1.165) is 28.5 Å². The Morgan fingerprint density at radius 3 is 2.17 bits per heavy atom. The Hall–Kier alpha value is -4.14. The second-order valence-electron chi connectivity index (χ2n) is 9.59. The zero-order valence-corrected chi connectivity index (χ0v) is 20.0. The summed E-state index contributed by atoms with van der Waals surface area (Å²) in [6, 6.07) is 15.1. The molecule has 1 atom stereocenters. The zero-order valence-electron chi connectivity index (χ0n) is 20.0. The minimum Gasteiger partial charge on any atom is -0.477 e. The fourth-order valence-corrected chi connectivity index (χ4v) is 4.36. The van der Waals surface area contributed by atoms with Gasteiger partial charge in [0.25, 0.3) is 0 Å². The SMILES string of the molecule is Cn1ncc(C(=O)O)c1NC(=O)C(NC(=O)OCC1c2ccccc2-c2ccccc21)C(C)(C)C. The number of hydrogen-bond donors (Lipinski definition) is 3. The summed E-state index contributed by atoms with van der Waals surface area (Å²) in [7, 11) is 1.52. The number of anilines is 1. The lowest BCUT2D eigenvalue weighted by Gasteiger charge is -2.30. The van der Waals surface area contributed by atoms with E-state index in [9.17, 15) is 19.5 Å². The number of aromatic nitrogens is 2. The topological polar surface area (TPSA) is 123 Å². The molecule has 4 rings (SSSR count). The molecule has 0 bridgehead atoms. The lowest BCUT2D eigenvalue weighted by Crippen LogP contribution is -2.52. The van der Waals surface area contributed by atoms with Crippen LogP contribution in [0.25, 0.3) is 11.1 Å². The summed E-state index contributed by atoms with van der Waals surface area (Å²) in [6.45, 7) is 5.50. The molecule has 35 heavy (non-hydrogen) atoms. The van der Waals surface area contributed by atoms with Gasteiger partial charge in [-0.25, -0.2) is 9.59 Å². The molecule has 0 spiro atoms. The van der Waals surface area contributed by atoms with Crippen molar-refractivity contribution in [2.45, 2.75) is 32.7 Å². The number of amides is 2. The second-order valence-corrected chi connectivity index (χ2v) is 9.59. The molecule has 2 aromatic carbocycles. The number of carboxylic acid groups (broad SMARTS) is 1. The number of aromatic carboxylic acids is 1. The lowest BCUT2D eigenvalue weighted by atomic mass is 9.86. The van der Waals surface area contributed by atoms with E-state index in [0.29, 0.717) is 0 Å². The number of carbonyl (C=O) groups excluding carboxylic acids is 2. The van der Waals surface area contributed by atoms with Gasteiger partial charge in [-0.3, -0.25) is 9.48 Å². The van der Waals surface area contributed by atoms with E-state index in [1.165, 1.54) is 11.7 Å². The van der Waals surface area contributed by atoms with Gasteiger partial charge in [-0.2, -0.15) is 5.10 Å². The van der Waals surface area contributed by atoms with Crippen LogP contribution in [0.1, 0.15) is 48.2 Å². The first kappa shape index (κ1) is 24.0. The quantitative estimate of drug-likeness (QED) is 0.494. The monoisotopic (exact) mass is 476 g/mol. The smallest absolute Gasteiger partial charge is 0.407 e. The van der Waals surface area contributed by atoms with Crippen molar-refractivity contribution in [2.24, 2.45) is 12.5 Å². The molecule has 3 aromatic rings. The van der Waals surface area contributed by atoms with Crippen molar-refractivity contribution >= 4 is 23.8 Å². The van der Waals surface area contributed by atoms with Gasteiger partial charge in [0.2, 0.25) is 5.91 Å². The molecule has 1 unspecified atom stereocenters. The standard InChI is InChI=1S/C26H28N4O5/c1-26(2,3)21(23(31)29-22-19(24(32)33)13-27-30(22)4)28-25(34)35-14-20-17-11-7-5-9-15(17)16-10-6-8-12-18(16)20/h5-13,20-21H,14H2,1-4H3,(H,28,34)(H,29,31)(H,32,33). The van der Waals surface area contributed by atoms with Gasteiger partial charge in [-0.1, -0.05) is 69.3 Å². The highest BCUT2D eigenvalue weighted by Crippen LogP contribution is 2.44. The summed E-state index contributed by atoms with van der Waals surface area (Å²) in [5, 5.41) is 18.5. The van der Waals surface area contributed by atoms with E-state index in [-0.39, 0.29) is 23.9 Å². The number of carbonyl (C=O) groups is 3. The molecular weight excluding hydrogens is 448 g/mol. The number of hydrogen-bond acceptors (Lipinski definition) is 5. The molecule has 0 aliphatic heterocycles. The summed E-state index contributed by atoms with van der Waals surface area (Å²) >= 11 is 0. The van der Waals surface area contributed by atoms with Crippen molar-refractivity contribution in [1.29, 1.82) is 0 Å². The van der Waals surface area contributed by atoms with Crippen molar-refractivity contribution in [1.82, 2.24) is 15.1 Å². The third kappa shape index (κ3) is 4.75. The predicted octanol–water partition coefficient (Wildman–Crippen LogP) is 4.01. The maximum Gasteiger partial charge on any atom is 0.407 e. The van der Waals surface area contributed by atoms with E-state index in [2.05, 4.69) is 27.9 Å². The molecule has 9 nitrogen and oxygen atoms in total. The Morgan fingerprint density at radius 2 is 1.63 bits per heavy atom. The van der Waals surface area contributed by atoms with Crippen molar-refractivity contribution < 1.29 is 24.2 Å². The highest BCUT2D eigenvalue weighted by molar-refractivity contribution is 6.02. The molecule has 1 aliphatic carbocycles. The summed E-state index contributed by atoms with van der Waals surface area (Å²) in [6.07, 6.45) is 0.425. The Morgan fingerprint density at radius 1 is 1.06 bits per heavy atom. The van der Waals surface area contributed by atoms with Crippen LogP contribution in [0, 0.1) is 5.41 Å². The number of ether oxygens (including phenoxy) is 1. The molecule has 2 amide bonds. The fourth-order valence-electron chi connectivity index (χ4n) is 4.36. The molecule has 0 saturated heterocycles. The average Bonchev–Trinajstić information content (AvgIpc) is 3.33. The van der Waals surface area contributed by atoms with Crippen LogP contribution in [0.2, 0.25) is 0 Å². The van der Waals surface area contributed by atoms with E-state index in [1.807, 2.05) is 36.4 Å². The normalized spacial score (nSPS) is 13.5. The predicted molar refractivity (Wildman–Crippen MR) is 130 cm³/mol. The Labute approximate surface area is 203 Å². The summed E-state index contributed by atoms with van der Waals surface area (Å²) in [4.78, 5) is 37.3. The van der Waals surface area contributed by atoms with E-state index < -0.39 is 29.4 Å². The van der Waals surface area contributed by atoms with Gasteiger partial charge < -0.3 is 20.5 Å². The number of fused-ring (bicyclic) bond motifs is 3. The first-order chi connectivity index (χ1) is 16.6. The summed E-state index contributed by atoms with van der Waals surface area (Å²) in [5.41, 5.74) is 3.59. The number of alkyl carbamates (subject to hydrolysis) is 1. The highest BCUT2D eigenvalue weighted by atomic mass is 16.5. The summed E-state index contributed by atoms with van der Waals surface area (Å²) in [5.74, 6) is -1.86. The van der Waals surface area contributed by atoms with E-state index in [1.54, 1.807) is 20.8 Å². The van der Waals surface area contributed by atoms with Crippen LogP contribution in [0.4, 0.5) is 10.6 Å². The minimum atomic E-state index is -1.22. The largest absolute Gasteiger partial charge is 0.477 e. The maximum atomic E-state index is 13.1. The van der Waals surface area contributed by atoms with Gasteiger partial charge in [-0.05, 0) is 27.7 Å². The van der Waals surface area contributed by atoms with Crippen LogP contribution in [0.15, 0.2) is 54.7 Å². The van der Waals surface area contributed by atoms with Crippen LogP contribution < -0.4 is 10.6 Å². The van der Waals surface area contributed by atoms with Gasteiger partial charge in [0, 0.05) is 13.0 Å². The molecule has 182 valence electrons. The summed E-state index contributed by atoms with van der Waals surface area (Å²) < 4.78 is 6.85. The molecule has 0 saturated carbocycles. The Balaban J connectivity index is 1.47. The van der Waals surface area contributed by atoms with Crippen LogP contribution in [-0.2, 0) is 16.6 Å². The molecule has 0 radical (unpaired) electrons. The van der Waals surface area contributed by atoms with Crippen molar-refractivity contribution in [3.05, 3.63) is 71.4 Å². The van der Waals surface area contributed by atoms with Crippen LogP contribution in [0.3, 0.4) is 0 Å². The van der Waals surface area contributed by atoms with Gasteiger partial charge in [-0.15, -0.1) is 0 Å². The minimum absolute atomic E-state index is 0.0334. The molecule has 0 fully saturated rings. The number of benzene rings is 2. The molecule has 9 heteroatoms. The fraction of sp³-hybridized carbons (Fsp3) is 0.308. The van der Waals surface area contributed by atoms with Gasteiger partial charge in [0.15, 0.2) is 0 Å². The van der Waals surface area contributed by atoms with Crippen molar-refractivity contribution in [3.63, 3.8) is 0 Å². The number of nitrogens with zero attached hydrogens (tertiary/aromatic N) is 2. The lowest BCUT2D eigenvalue weighted by molar-refractivity contribution is -0.120. The Bertz CT molecular complexity index is 1250. The van der Waals surface area contributed by atoms with E-state index >= 15 is 0 Å². The number of carboxylic acids is 1. The third-order valence-electron chi connectivity index (χ3n) is 6.14. The van der Waals surface area contributed by atoms with Gasteiger partial charge in [0.1, 0.15) is 24.0 Å². The maximum absolute atomic E-state index is 13.1. The Kier molecular flexibility index (Phi) is 6.34. The number of rotatable bonds is 6. The molecule has 1 heterocycles. The van der Waals surface area contributed by atoms with Crippen LogP contribution in [0.5, 0.6) is 0 Å². The van der Waals surface area contributed by atoms with Crippen LogP contribution >= 0.6 is 0 Å². The third-order valence-corrected chi connectivity index (χ3v) is 6.14. The molecule has 1 aliphatic rings. The number of nitrogens with one attached hydrogen (secondary N) is 2. The second kappa shape index (κ2) is 9.25. The molecule has 1 aromatic heterocycles. The number of aryl methyl sites for hydroxylation is 1. The first-order valence-corrected chi connectivity index (χ1v) is 11.3. The molecular formula is C26H28N4O5. The molecule has 3 N–H and O–H groups in total. The van der Waals surface area contributed by atoms with Gasteiger partial charge >= 0.3 is 12.1 Å². The van der Waals surface area contributed by atoms with Crippen molar-refractivity contribution in [3.8, 4) is 11.1 Å².